The fourth-order valence-electron chi connectivity index (χ4n) is 2.87. The van der Waals surface area contributed by atoms with Gasteiger partial charge in [0.2, 0.25) is 0 Å². The number of hydrogen-bond donors (Lipinski definition) is 1. The first-order valence-corrected chi connectivity index (χ1v) is 9.10. The molecule has 3 aromatic rings. The Bertz CT molecular complexity index is 906. The lowest BCUT2D eigenvalue weighted by molar-refractivity contribution is 0.0948. The summed E-state index contributed by atoms with van der Waals surface area (Å²) in [6, 6.07) is 8.06. The van der Waals surface area contributed by atoms with E-state index >= 15 is 0 Å². The van der Waals surface area contributed by atoms with Crippen LogP contribution in [-0.2, 0) is 0 Å². The maximum absolute atomic E-state index is 13.8. The number of thiophene rings is 1. The maximum atomic E-state index is 13.8. The Balaban J connectivity index is 1.79. The molecule has 1 amide bonds. The minimum atomic E-state index is -0.562. The van der Waals surface area contributed by atoms with E-state index in [4.69, 9.17) is 4.74 Å². The van der Waals surface area contributed by atoms with E-state index in [0.717, 1.165) is 17.0 Å². The Kier molecular flexibility index (Phi) is 5.37. The van der Waals surface area contributed by atoms with Gasteiger partial charge in [0, 0.05) is 17.8 Å². The van der Waals surface area contributed by atoms with Gasteiger partial charge in [0.25, 0.3) is 5.91 Å². The van der Waals surface area contributed by atoms with Crippen LogP contribution in [0.4, 0.5) is 4.39 Å². The number of benzene rings is 1. The van der Waals surface area contributed by atoms with E-state index in [2.05, 4.69) is 10.4 Å². The van der Waals surface area contributed by atoms with Crippen LogP contribution in [0.2, 0.25) is 0 Å². The molecule has 5 nitrogen and oxygen atoms in total. The highest BCUT2D eigenvalue weighted by atomic mass is 32.1. The number of amides is 1. The molecule has 26 heavy (non-hydrogen) atoms. The van der Waals surface area contributed by atoms with Crippen LogP contribution >= 0.6 is 11.3 Å². The second-order valence-electron chi connectivity index (χ2n) is 6.00. The normalized spacial score (nSPS) is 12.0. The number of nitrogens with one attached hydrogen (secondary N) is 1. The van der Waals surface area contributed by atoms with Crippen LogP contribution in [0.25, 0.3) is 0 Å². The number of rotatable bonds is 6. The number of ether oxygens (including phenoxy) is 1. The zero-order chi connectivity index (χ0) is 18.7. The Labute approximate surface area is 155 Å². The second-order valence-corrected chi connectivity index (χ2v) is 6.78. The van der Waals surface area contributed by atoms with E-state index in [-0.39, 0.29) is 23.3 Å². The molecule has 1 N–H and O–H groups in total. The van der Waals surface area contributed by atoms with E-state index in [0.29, 0.717) is 6.54 Å². The summed E-state index contributed by atoms with van der Waals surface area (Å²) in [5.41, 5.74) is 3.26. The molecule has 0 spiro atoms. The monoisotopic (exact) mass is 373 g/mol. The molecule has 0 saturated carbocycles. The average Bonchev–Trinajstić information content (AvgIpc) is 3.25. The lowest BCUT2D eigenvalue weighted by atomic mass is 10.1. The van der Waals surface area contributed by atoms with E-state index in [1.807, 2.05) is 41.4 Å². The Morgan fingerprint density at radius 2 is 2.15 bits per heavy atom. The van der Waals surface area contributed by atoms with Crippen molar-refractivity contribution in [1.82, 2.24) is 15.1 Å². The zero-order valence-corrected chi connectivity index (χ0v) is 15.6. The molecule has 0 aliphatic carbocycles. The average molecular weight is 373 g/mol. The number of halogens is 1. The van der Waals surface area contributed by atoms with E-state index < -0.39 is 5.82 Å². The summed E-state index contributed by atoms with van der Waals surface area (Å²) in [4.78, 5) is 12.4. The van der Waals surface area contributed by atoms with Crippen molar-refractivity contribution in [3.05, 3.63) is 69.4 Å². The summed E-state index contributed by atoms with van der Waals surface area (Å²) in [5.74, 6) is -0.790. The lowest BCUT2D eigenvalue weighted by Gasteiger charge is -2.19. The predicted octanol–water partition coefficient (Wildman–Crippen LogP) is 3.73. The van der Waals surface area contributed by atoms with Crippen LogP contribution in [-0.4, -0.2) is 29.3 Å². The largest absolute Gasteiger partial charge is 0.494 e. The summed E-state index contributed by atoms with van der Waals surface area (Å²) in [5, 5.41) is 11.5. The van der Waals surface area contributed by atoms with Crippen molar-refractivity contribution in [2.24, 2.45) is 0 Å². The van der Waals surface area contributed by atoms with Gasteiger partial charge < -0.3 is 10.1 Å². The lowest BCUT2D eigenvalue weighted by Crippen LogP contribution is -2.32. The van der Waals surface area contributed by atoms with Gasteiger partial charge in [-0.15, -0.1) is 0 Å². The van der Waals surface area contributed by atoms with Gasteiger partial charge in [-0.3, -0.25) is 9.48 Å². The first kappa shape index (κ1) is 18.1. The molecule has 0 radical (unpaired) electrons. The van der Waals surface area contributed by atoms with Crippen molar-refractivity contribution in [1.29, 1.82) is 0 Å². The molecule has 2 heterocycles. The van der Waals surface area contributed by atoms with Crippen molar-refractivity contribution >= 4 is 17.2 Å². The zero-order valence-electron chi connectivity index (χ0n) is 14.8. The van der Waals surface area contributed by atoms with Gasteiger partial charge in [0.05, 0.1) is 18.8 Å². The van der Waals surface area contributed by atoms with E-state index in [1.54, 1.807) is 17.4 Å². The third kappa shape index (κ3) is 3.77. The Morgan fingerprint density at radius 1 is 1.35 bits per heavy atom. The third-order valence-corrected chi connectivity index (χ3v) is 4.84. The Hall–Kier alpha value is -2.67. The second kappa shape index (κ2) is 7.70. The fraction of sp³-hybridized carbons (Fsp3) is 0.263. The summed E-state index contributed by atoms with van der Waals surface area (Å²) in [6.45, 7) is 4.28. The molecule has 0 aliphatic rings. The highest BCUT2D eigenvalue weighted by Gasteiger charge is 2.19. The number of methoxy groups -OCH3 is 1. The summed E-state index contributed by atoms with van der Waals surface area (Å²) in [7, 11) is 1.39. The molecule has 0 saturated heterocycles. The standard InChI is InChI=1S/C19H20FN3O2S/c1-12-8-13(2)23(22-12)17(15-6-7-26-11-15)10-21-19(24)14-4-5-18(25-3)16(20)9-14/h4-9,11,17H,10H2,1-3H3,(H,21,24). The van der Waals surface area contributed by atoms with Crippen LogP contribution in [0.3, 0.4) is 0 Å². The topological polar surface area (TPSA) is 56.1 Å². The van der Waals surface area contributed by atoms with Gasteiger partial charge in [-0.2, -0.15) is 16.4 Å². The van der Waals surface area contributed by atoms with Crippen LogP contribution in [0.1, 0.15) is 33.4 Å². The maximum Gasteiger partial charge on any atom is 0.251 e. The van der Waals surface area contributed by atoms with Gasteiger partial charge in [-0.05, 0) is 60.5 Å². The molecular weight excluding hydrogens is 353 g/mol. The number of hydrogen-bond acceptors (Lipinski definition) is 4. The third-order valence-electron chi connectivity index (χ3n) is 4.14. The van der Waals surface area contributed by atoms with Gasteiger partial charge in [0.1, 0.15) is 0 Å². The number of carbonyl (C=O) groups excluding carboxylic acids is 1. The number of aromatic nitrogens is 2. The van der Waals surface area contributed by atoms with Gasteiger partial charge in [0.15, 0.2) is 11.6 Å². The first-order chi connectivity index (χ1) is 12.5. The predicted molar refractivity (Wildman–Crippen MR) is 99.4 cm³/mol. The number of nitrogens with zero attached hydrogens (tertiary/aromatic N) is 2. The van der Waals surface area contributed by atoms with Gasteiger partial charge in [-0.1, -0.05) is 0 Å². The summed E-state index contributed by atoms with van der Waals surface area (Å²) < 4.78 is 20.6. The van der Waals surface area contributed by atoms with Crippen molar-refractivity contribution in [2.45, 2.75) is 19.9 Å². The van der Waals surface area contributed by atoms with Crippen molar-refractivity contribution in [3.8, 4) is 5.75 Å². The van der Waals surface area contributed by atoms with Crippen LogP contribution < -0.4 is 10.1 Å². The smallest absolute Gasteiger partial charge is 0.251 e. The molecule has 7 heteroatoms. The molecule has 1 atom stereocenters. The molecule has 0 bridgehead atoms. The molecule has 1 aromatic carbocycles. The van der Waals surface area contributed by atoms with Crippen molar-refractivity contribution in [2.75, 3.05) is 13.7 Å². The molecule has 0 fully saturated rings. The van der Waals surface area contributed by atoms with Crippen LogP contribution in [0, 0.1) is 19.7 Å². The Morgan fingerprint density at radius 3 is 2.73 bits per heavy atom. The van der Waals surface area contributed by atoms with Gasteiger partial charge in [-0.25, -0.2) is 4.39 Å². The van der Waals surface area contributed by atoms with E-state index in [9.17, 15) is 9.18 Å². The fourth-order valence-corrected chi connectivity index (χ4v) is 3.58. The van der Waals surface area contributed by atoms with Gasteiger partial charge >= 0.3 is 0 Å². The minimum Gasteiger partial charge on any atom is -0.494 e. The first-order valence-electron chi connectivity index (χ1n) is 8.16. The molecule has 0 aliphatic heterocycles. The molecule has 1 unspecified atom stereocenters. The van der Waals surface area contributed by atoms with Crippen molar-refractivity contribution in [3.63, 3.8) is 0 Å². The van der Waals surface area contributed by atoms with Crippen LogP contribution in [0.15, 0.2) is 41.1 Å². The molecule has 2 aromatic heterocycles. The summed E-state index contributed by atoms with van der Waals surface area (Å²) in [6.07, 6.45) is 0. The molecule has 136 valence electrons. The SMILES string of the molecule is COc1ccc(C(=O)NCC(c2ccsc2)n2nc(C)cc2C)cc1F. The molecule has 3 rings (SSSR count). The number of carbonyl (C=O) groups is 1. The van der Waals surface area contributed by atoms with Crippen molar-refractivity contribution < 1.29 is 13.9 Å². The minimum absolute atomic E-state index is 0.111. The summed E-state index contributed by atoms with van der Waals surface area (Å²) >= 11 is 1.59. The quantitative estimate of drug-likeness (QED) is 0.716. The number of aryl methyl sites for hydroxylation is 2. The van der Waals surface area contributed by atoms with E-state index in [1.165, 1.54) is 19.2 Å². The van der Waals surface area contributed by atoms with Crippen LogP contribution in [0.5, 0.6) is 5.75 Å². The molecular formula is C19H20FN3O2S. The highest BCUT2D eigenvalue weighted by Crippen LogP contribution is 2.23. The highest BCUT2D eigenvalue weighted by molar-refractivity contribution is 7.07.